The normalized spacial score (nSPS) is 12.6. The number of aryl methyl sites for hydroxylation is 1. The van der Waals surface area contributed by atoms with Gasteiger partial charge >= 0.3 is 6.18 Å². The van der Waals surface area contributed by atoms with Crippen LogP contribution in [0.3, 0.4) is 0 Å². The highest BCUT2D eigenvalue weighted by molar-refractivity contribution is 7.20. The molecule has 4 aromatic rings. The molecule has 0 spiro atoms. The van der Waals surface area contributed by atoms with Gasteiger partial charge < -0.3 is 0 Å². The summed E-state index contributed by atoms with van der Waals surface area (Å²) in [4.78, 5) is 21.7. The van der Waals surface area contributed by atoms with Crippen molar-refractivity contribution in [3.63, 3.8) is 0 Å². The first-order valence-corrected chi connectivity index (χ1v) is 10.0. The van der Waals surface area contributed by atoms with Crippen molar-refractivity contribution in [2.45, 2.75) is 26.4 Å². The second kappa shape index (κ2) is 7.56. The number of aromatic nitrogens is 3. The largest absolute Gasteiger partial charge is 0.433 e. The standard InChI is InChI=1S/C21H17F3N4OS/c1-3-13-8-4-5-9-14(13)25-12(2)17-18(21(22,23)24)27-28(19(17)29)20-26-15-10-6-7-11-16(15)30-20/h4-11,27H,3H2,1-2H3. The summed E-state index contributed by atoms with van der Waals surface area (Å²) in [5.74, 6) is 0. The Bertz CT molecular complexity index is 1280. The van der Waals surface area contributed by atoms with E-state index in [0.29, 0.717) is 17.6 Å². The number of hydrogen-bond acceptors (Lipinski definition) is 4. The minimum atomic E-state index is -4.75. The molecule has 154 valence electrons. The number of aliphatic imine (C=N–C) groups is 1. The van der Waals surface area contributed by atoms with Crippen LogP contribution >= 0.6 is 11.3 Å². The van der Waals surface area contributed by atoms with Crippen LogP contribution in [0.5, 0.6) is 0 Å². The number of hydrogen-bond donors (Lipinski definition) is 1. The van der Waals surface area contributed by atoms with Gasteiger partial charge in [-0.05, 0) is 37.1 Å². The van der Waals surface area contributed by atoms with E-state index in [1.807, 2.05) is 19.1 Å². The Morgan fingerprint density at radius 3 is 2.57 bits per heavy atom. The van der Waals surface area contributed by atoms with Crippen molar-refractivity contribution >= 4 is 33.0 Å². The number of thiazole rings is 1. The molecule has 0 amide bonds. The maximum Gasteiger partial charge on any atom is 0.433 e. The van der Waals surface area contributed by atoms with Crippen molar-refractivity contribution < 1.29 is 13.2 Å². The van der Waals surface area contributed by atoms with E-state index in [9.17, 15) is 18.0 Å². The smallest absolute Gasteiger partial charge is 0.284 e. The van der Waals surface area contributed by atoms with Gasteiger partial charge in [-0.3, -0.25) is 14.9 Å². The average Bonchev–Trinajstić information content (AvgIpc) is 3.29. The number of rotatable bonds is 4. The zero-order valence-corrected chi connectivity index (χ0v) is 16.9. The van der Waals surface area contributed by atoms with Gasteiger partial charge in [-0.25, -0.2) is 4.98 Å². The Kier molecular flexibility index (Phi) is 5.07. The molecule has 2 aromatic carbocycles. The van der Waals surface area contributed by atoms with E-state index in [4.69, 9.17) is 0 Å². The lowest BCUT2D eigenvalue weighted by Gasteiger charge is -2.07. The number of nitrogens with one attached hydrogen (secondary N) is 1. The van der Waals surface area contributed by atoms with Gasteiger partial charge in [-0.2, -0.15) is 17.9 Å². The lowest BCUT2D eigenvalue weighted by Crippen LogP contribution is -2.20. The predicted octanol–water partition coefficient (Wildman–Crippen LogP) is 5.50. The quantitative estimate of drug-likeness (QED) is 0.435. The van der Waals surface area contributed by atoms with Gasteiger partial charge in [0, 0.05) is 0 Å². The first-order valence-electron chi connectivity index (χ1n) is 9.21. The summed E-state index contributed by atoms with van der Waals surface area (Å²) in [6, 6.07) is 14.3. The summed E-state index contributed by atoms with van der Waals surface area (Å²) in [6.07, 6.45) is -4.08. The van der Waals surface area contributed by atoms with Crippen molar-refractivity contribution in [3.05, 3.63) is 75.7 Å². The highest BCUT2D eigenvalue weighted by atomic mass is 32.1. The summed E-state index contributed by atoms with van der Waals surface area (Å²) in [6.45, 7) is 3.34. The van der Waals surface area contributed by atoms with Gasteiger partial charge in [0.1, 0.15) is 0 Å². The molecule has 0 unspecified atom stereocenters. The molecular formula is C21H17F3N4OS. The molecule has 4 rings (SSSR count). The molecule has 0 radical (unpaired) electrons. The fraction of sp³-hybridized carbons (Fsp3) is 0.190. The topological polar surface area (TPSA) is 63.0 Å². The average molecular weight is 430 g/mol. The molecule has 9 heteroatoms. The minimum absolute atomic E-state index is 0.00987. The zero-order chi connectivity index (χ0) is 21.5. The number of para-hydroxylation sites is 2. The Morgan fingerprint density at radius 2 is 1.87 bits per heavy atom. The van der Waals surface area contributed by atoms with E-state index in [-0.39, 0.29) is 10.8 Å². The number of alkyl halides is 3. The van der Waals surface area contributed by atoms with Crippen molar-refractivity contribution in [1.82, 2.24) is 14.8 Å². The van der Waals surface area contributed by atoms with E-state index in [2.05, 4.69) is 15.1 Å². The Labute approximate surface area is 173 Å². The molecular weight excluding hydrogens is 413 g/mol. The van der Waals surface area contributed by atoms with Crippen molar-refractivity contribution in [2.75, 3.05) is 0 Å². The summed E-state index contributed by atoms with van der Waals surface area (Å²) < 4.78 is 42.9. The van der Waals surface area contributed by atoms with Crippen LogP contribution in [0.15, 0.2) is 58.3 Å². The molecule has 0 atom stereocenters. The molecule has 0 aliphatic carbocycles. The molecule has 0 fully saturated rings. The third-order valence-corrected chi connectivity index (χ3v) is 5.69. The number of aromatic amines is 1. The summed E-state index contributed by atoms with van der Waals surface area (Å²) in [5, 5.41) is 2.35. The third-order valence-electron chi connectivity index (χ3n) is 4.67. The van der Waals surface area contributed by atoms with E-state index < -0.39 is 23.0 Å². The lowest BCUT2D eigenvalue weighted by molar-refractivity contribution is -0.141. The molecule has 0 saturated heterocycles. The minimum Gasteiger partial charge on any atom is -0.284 e. The van der Waals surface area contributed by atoms with Crippen molar-refractivity contribution in [1.29, 1.82) is 0 Å². The molecule has 0 bridgehead atoms. The number of nitrogens with zero attached hydrogens (tertiary/aromatic N) is 3. The molecule has 0 aliphatic heterocycles. The second-order valence-electron chi connectivity index (χ2n) is 6.64. The maximum absolute atomic E-state index is 13.8. The first-order chi connectivity index (χ1) is 14.3. The number of fused-ring (bicyclic) bond motifs is 1. The fourth-order valence-corrected chi connectivity index (χ4v) is 4.15. The van der Waals surface area contributed by atoms with Crippen LogP contribution < -0.4 is 5.56 Å². The fourth-order valence-electron chi connectivity index (χ4n) is 3.22. The Balaban J connectivity index is 1.91. The predicted molar refractivity (Wildman–Crippen MR) is 112 cm³/mol. The lowest BCUT2D eigenvalue weighted by atomic mass is 10.1. The van der Waals surface area contributed by atoms with Crippen LogP contribution in [0.2, 0.25) is 0 Å². The zero-order valence-electron chi connectivity index (χ0n) is 16.1. The van der Waals surface area contributed by atoms with Crippen LogP contribution in [-0.4, -0.2) is 20.5 Å². The molecule has 0 aliphatic rings. The first kappa shape index (κ1) is 20.1. The Hall–Kier alpha value is -3.20. The van der Waals surface area contributed by atoms with Gasteiger partial charge in [-0.15, -0.1) is 0 Å². The molecule has 2 heterocycles. The summed E-state index contributed by atoms with van der Waals surface area (Å²) in [5.41, 5.74) is -0.461. The Morgan fingerprint density at radius 1 is 1.17 bits per heavy atom. The van der Waals surface area contributed by atoms with E-state index in [0.717, 1.165) is 26.3 Å². The van der Waals surface area contributed by atoms with Crippen LogP contribution in [-0.2, 0) is 12.6 Å². The third kappa shape index (κ3) is 3.56. The molecule has 0 saturated carbocycles. The van der Waals surface area contributed by atoms with Crippen LogP contribution in [0.1, 0.15) is 30.7 Å². The van der Waals surface area contributed by atoms with Gasteiger partial charge in [0.15, 0.2) is 5.69 Å². The van der Waals surface area contributed by atoms with Crippen LogP contribution in [0.4, 0.5) is 18.9 Å². The van der Waals surface area contributed by atoms with Gasteiger partial charge in [0.25, 0.3) is 5.56 Å². The van der Waals surface area contributed by atoms with Crippen LogP contribution in [0, 0.1) is 0 Å². The number of H-pyrrole nitrogens is 1. The van der Waals surface area contributed by atoms with Gasteiger partial charge in [-0.1, -0.05) is 48.6 Å². The van der Waals surface area contributed by atoms with E-state index in [1.165, 1.54) is 6.92 Å². The van der Waals surface area contributed by atoms with E-state index in [1.54, 1.807) is 36.4 Å². The highest BCUT2D eigenvalue weighted by Crippen LogP contribution is 2.32. The monoisotopic (exact) mass is 430 g/mol. The molecule has 30 heavy (non-hydrogen) atoms. The summed E-state index contributed by atoms with van der Waals surface area (Å²) in [7, 11) is 0. The van der Waals surface area contributed by atoms with Crippen molar-refractivity contribution in [2.24, 2.45) is 4.99 Å². The van der Waals surface area contributed by atoms with Gasteiger partial charge in [0.05, 0.1) is 27.2 Å². The van der Waals surface area contributed by atoms with Crippen LogP contribution in [0.25, 0.3) is 15.3 Å². The second-order valence-corrected chi connectivity index (χ2v) is 7.65. The summed E-state index contributed by atoms with van der Waals surface area (Å²) >= 11 is 1.13. The maximum atomic E-state index is 13.8. The highest BCUT2D eigenvalue weighted by Gasteiger charge is 2.39. The molecule has 2 aromatic heterocycles. The molecule has 1 N–H and O–H groups in total. The number of halogens is 3. The number of benzene rings is 2. The molecule has 5 nitrogen and oxygen atoms in total. The van der Waals surface area contributed by atoms with E-state index >= 15 is 0 Å². The SMILES string of the molecule is CCc1ccccc1N=C(C)c1c(C(F)(F)F)[nH]n(-c2nc3ccccc3s2)c1=O. The van der Waals surface area contributed by atoms with Crippen molar-refractivity contribution in [3.8, 4) is 5.13 Å². The van der Waals surface area contributed by atoms with Gasteiger partial charge in [0.2, 0.25) is 5.13 Å².